The van der Waals surface area contributed by atoms with E-state index in [1.54, 1.807) is 35.4 Å². The third-order valence-electron chi connectivity index (χ3n) is 3.49. The van der Waals surface area contributed by atoms with Gasteiger partial charge in [-0.2, -0.15) is 0 Å². The van der Waals surface area contributed by atoms with Crippen molar-refractivity contribution in [2.75, 3.05) is 4.90 Å². The predicted molar refractivity (Wildman–Crippen MR) is 101 cm³/mol. The maximum absolute atomic E-state index is 13.5. The van der Waals surface area contributed by atoms with Crippen LogP contribution in [0.4, 0.5) is 9.52 Å². The van der Waals surface area contributed by atoms with Gasteiger partial charge in [0.15, 0.2) is 5.13 Å². The number of fused-ring (bicyclic) bond motifs is 1. The highest BCUT2D eigenvalue weighted by molar-refractivity contribution is 9.11. The topological polar surface area (TPSA) is 46.3 Å². The first kappa shape index (κ1) is 16.4. The smallest absolute Gasteiger partial charge is 0.270 e. The van der Waals surface area contributed by atoms with E-state index < -0.39 is 0 Å². The molecule has 0 atom stereocenters. The van der Waals surface area contributed by atoms with Gasteiger partial charge in [0.25, 0.3) is 5.91 Å². The Balaban J connectivity index is 1.76. The van der Waals surface area contributed by atoms with Crippen molar-refractivity contribution < 1.29 is 13.6 Å². The molecule has 0 saturated carbocycles. The number of hydrogen-bond donors (Lipinski definition) is 0. The van der Waals surface area contributed by atoms with Crippen LogP contribution < -0.4 is 4.90 Å². The molecule has 4 aromatic rings. The highest BCUT2D eigenvalue weighted by Crippen LogP contribution is 2.33. The highest BCUT2D eigenvalue weighted by atomic mass is 79.9. The number of furan rings is 1. The van der Waals surface area contributed by atoms with Crippen LogP contribution in [0.3, 0.4) is 0 Å². The van der Waals surface area contributed by atoms with Crippen LogP contribution in [0.1, 0.15) is 15.4 Å². The summed E-state index contributed by atoms with van der Waals surface area (Å²) in [7, 11) is 0. The summed E-state index contributed by atoms with van der Waals surface area (Å²) in [4.78, 5) is 19.6. The van der Waals surface area contributed by atoms with Crippen LogP contribution in [0.2, 0.25) is 0 Å². The second-order valence-corrected chi connectivity index (χ2v) is 8.66. The Labute approximate surface area is 158 Å². The lowest BCUT2D eigenvalue weighted by atomic mass is 10.3. The van der Waals surface area contributed by atoms with Crippen LogP contribution in [0, 0.1) is 5.82 Å². The number of thiazole rings is 1. The van der Waals surface area contributed by atoms with Crippen molar-refractivity contribution in [3.8, 4) is 0 Å². The maximum atomic E-state index is 13.5. The molecule has 25 heavy (non-hydrogen) atoms. The van der Waals surface area contributed by atoms with Crippen molar-refractivity contribution in [1.29, 1.82) is 0 Å². The summed E-state index contributed by atoms with van der Waals surface area (Å²) in [6, 6.07) is 11.6. The van der Waals surface area contributed by atoms with E-state index in [1.807, 2.05) is 6.07 Å². The van der Waals surface area contributed by atoms with Crippen molar-refractivity contribution in [2.24, 2.45) is 0 Å². The Bertz CT molecular complexity index is 1040. The molecule has 0 N–H and O–H groups in total. The van der Waals surface area contributed by atoms with Gasteiger partial charge in [0, 0.05) is 0 Å². The molecule has 0 aliphatic carbocycles. The van der Waals surface area contributed by atoms with E-state index in [-0.39, 0.29) is 18.3 Å². The molecular weight excluding hydrogens is 427 g/mol. The fraction of sp³-hybridized carbons (Fsp3) is 0.0588. The van der Waals surface area contributed by atoms with E-state index in [2.05, 4.69) is 20.9 Å². The summed E-state index contributed by atoms with van der Waals surface area (Å²) in [5.41, 5.74) is 0.658. The molecule has 4 rings (SSSR count). The van der Waals surface area contributed by atoms with Crippen molar-refractivity contribution in [1.82, 2.24) is 4.98 Å². The van der Waals surface area contributed by atoms with Crippen LogP contribution in [0.15, 0.2) is 56.9 Å². The molecule has 3 heterocycles. The zero-order valence-electron chi connectivity index (χ0n) is 12.6. The Morgan fingerprint density at radius 1 is 1.24 bits per heavy atom. The van der Waals surface area contributed by atoms with Crippen molar-refractivity contribution in [3.05, 3.63) is 69.0 Å². The fourth-order valence-corrected chi connectivity index (χ4v) is 4.67. The normalized spacial score (nSPS) is 11.1. The first-order chi connectivity index (χ1) is 12.1. The van der Waals surface area contributed by atoms with Gasteiger partial charge in [-0.15, -0.1) is 11.3 Å². The molecule has 0 saturated heterocycles. The van der Waals surface area contributed by atoms with Gasteiger partial charge < -0.3 is 4.42 Å². The molecule has 1 aromatic carbocycles. The summed E-state index contributed by atoms with van der Waals surface area (Å²) in [5.74, 6) is 0.148. The standard InChI is InChI=1S/C17H10BrFN2O2S2/c18-15-6-5-13(24-15)16(22)21(9-11-2-1-7-23-11)17-20-12-4-3-10(19)8-14(12)25-17/h1-8H,9H2. The monoisotopic (exact) mass is 436 g/mol. The molecule has 0 aliphatic heterocycles. The molecule has 4 nitrogen and oxygen atoms in total. The lowest BCUT2D eigenvalue weighted by Crippen LogP contribution is -2.29. The SMILES string of the molecule is O=C(c1ccc(Br)s1)N(Cc1ccco1)c1nc2ccc(F)cc2s1. The van der Waals surface area contributed by atoms with Crippen LogP contribution in [-0.2, 0) is 6.54 Å². The van der Waals surface area contributed by atoms with Gasteiger partial charge in [0.1, 0.15) is 11.6 Å². The quantitative estimate of drug-likeness (QED) is 0.412. The van der Waals surface area contributed by atoms with Gasteiger partial charge in [-0.3, -0.25) is 9.69 Å². The number of nitrogens with zero attached hydrogens (tertiary/aromatic N) is 2. The number of rotatable bonds is 4. The van der Waals surface area contributed by atoms with Crippen molar-refractivity contribution in [3.63, 3.8) is 0 Å². The van der Waals surface area contributed by atoms with Crippen LogP contribution >= 0.6 is 38.6 Å². The minimum absolute atomic E-state index is 0.174. The van der Waals surface area contributed by atoms with Crippen molar-refractivity contribution in [2.45, 2.75) is 6.54 Å². The van der Waals surface area contributed by atoms with Crippen LogP contribution in [-0.4, -0.2) is 10.9 Å². The molecule has 0 aliphatic rings. The molecular formula is C17H10BrFN2O2S2. The Hall–Kier alpha value is -2.03. The average molecular weight is 437 g/mol. The van der Waals surface area contributed by atoms with Gasteiger partial charge in [0.05, 0.1) is 31.7 Å². The number of carbonyl (C=O) groups is 1. The molecule has 0 unspecified atom stereocenters. The summed E-state index contributed by atoms with van der Waals surface area (Å²) >= 11 is 6.01. The predicted octanol–water partition coefficient (Wildman–Crippen LogP) is 5.70. The highest BCUT2D eigenvalue weighted by Gasteiger charge is 2.24. The zero-order valence-corrected chi connectivity index (χ0v) is 15.8. The Morgan fingerprint density at radius 3 is 2.84 bits per heavy atom. The average Bonchev–Trinajstić information content (AvgIpc) is 3.31. The molecule has 1 amide bonds. The van der Waals surface area contributed by atoms with Crippen molar-refractivity contribution >= 4 is 59.9 Å². The van der Waals surface area contributed by atoms with E-state index in [0.29, 0.717) is 26.0 Å². The molecule has 8 heteroatoms. The number of amides is 1. The number of hydrogen-bond acceptors (Lipinski definition) is 5. The lowest BCUT2D eigenvalue weighted by molar-refractivity contribution is 0.0987. The number of halogens is 2. The lowest BCUT2D eigenvalue weighted by Gasteiger charge is -2.17. The van der Waals surface area contributed by atoms with E-state index >= 15 is 0 Å². The van der Waals surface area contributed by atoms with Gasteiger partial charge in [-0.05, 0) is 58.4 Å². The van der Waals surface area contributed by atoms with Crippen LogP contribution in [0.5, 0.6) is 0 Å². The second kappa shape index (κ2) is 6.70. The number of aromatic nitrogens is 1. The van der Waals surface area contributed by atoms with E-state index in [9.17, 15) is 9.18 Å². The molecule has 0 spiro atoms. The molecule has 0 bridgehead atoms. The van der Waals surface area contributed by atoms with Gasteiger partial charge >= 0.3 is 0 Å². The summed E-state index contributed by atoms with van der Waals surface area (Å²) in [6.45, 7) is 0.254. The zero-order chi connectivity index (χ0) is 17.4. The second-order valence-electron chi connectivity index (χ2n) is 5.18. The maximum Gasteiger partial charge on any atom is 0.270 e. The van der Waals surface area contributed by atoms with Gasteiger partial charge in [0.2, 0.25) is 0 Å². The Kier molecular flexibility index (Phi) is 4.41. The van der Waals surface area contributed by atoms with E-state index in [1.165, 1.54) is 34.8 Å². The molecule has 0 fully saturated rings. The summed E-state index contributed by atoms with van der Waals surface area (Å²) in [5, 5.41) is 0.506. The van der Waals surface area contributed by atoms with Gasteiger partial charge in [-0.25, -0.2) is 9.37 Å². The van der Waals surface area contributed by atoms with E-state index in [0.717, 1.165) is 3.79 Å². The van der Waals surface area contributed by atoms with E-state index in [4.69, 9.17) is 4.42 Å². The number of carbonyl (C=O) groups excluding carboxylic acids is 1. The first-order valence-electron chi connectivity index (χ1n) is 7.26. The molecule has 126 valence electrons. The molecule has 0 radical (unpaired) electrons. The number of thiophene rings is 1. The third-order valence-corrected chi connectivity index (χ3v) is 6.15. The summed E-state index contributed by atoms with van der Waals surface area (Å²) < 4.78 is 20.4. The Morgan fingerprint density at radius 2 is 2.12 bits per heavy atom. The molecule has 3 aromatic heterocycles. The summed E-state index contributed by atoms with van der Waals surface area (Å²) in [6.07, 6.45) is 1.56. The largest absolute Gasteiger partial charge is 0.467 e. The van der Waals surface area contributed by atoms with Gasteiger partial charge in [-0.1, -0.05) is 11.3 Å². The minimum atomic E-state index is -0.325. The number of benzene rings is 1. The first-order valence-corrected chi connectivity index (χ1v) is 9.68. The fourth-order valence-electron chi connectivity index (χ4n) is 2.35. The van der Waals surface area contributed by atoms with Crippen LogP contribution in [0.25, 0.3) is 10.2 Å². The third kappa shape index (κ3) is 3.37. The number of anilines is 1. The minimum Gasteiger partial charge on any atom is -0.467 e.